The van der Waals surface area contributed by atoms with Crippen molar-refractivity contribution in [2.24, 2.45) is 5.41 Å². The normalized spacial score (nSPS) is 20.2. The number of rotatable bonds is 4. The third kappa shape index (κ3) is 4.59. The number of pyridine rings is 1. The van der Waals surface area contributed by atoms with Crippen molar-refractivity contribution in [3.05, 3.63) is 94.3 Å². The van der Waals surface area contributed by atoms with Crippen molar-refractivity contribution in [3.63, 3.8) is 0 Å². The molecule has 6 rings (SSSR count). The van der Waals surface area contributed by atoms with Gasteiger partial charge in [0, 0.05) is 49.8 Å². The zero-order chi connectivity index (χ0) is 25.4. The Kier molecular flexibility index (Phi) is 6.37. The lowest BCUT2D eigenvalue weighted by atomic mass is 9.77. The standard InChI is InChI=1S/C30H31ClN4O2/c31-25-7-2-1-5-23(25)28(36)33-26-9-8-21-4-3-6-24(27(21)26)29(37)35-19-14-30(20-35)12-17-34(18-13-30)22-10-15-32-16-11-22/h1-7,10-11,15-16,26H,8-9,12-14,17-20H2,(H,33,36)/t26-/m1/s1. The van der Waals surface area contributed by atoms with Crippen molar-refractivity contribution in [2.75, 3.05) is 31.1 Å². The lowest BCUT2D eigenvalue weighted by Crippen LogP contribution is -2.42. The Balaban J connectivity index is 1.16. The zero-order valence-electron chi connectivity index (χ0n) is 20.8. The Morgan fingerprint density at radius 1 is 0.919 bits per heavy atom. The van der Waals surface area contributed by atoms with Crippen LogP contribution < -0.4 is 10.2 Å². The number of fused-ring (bicyclic) bond motifs is 1. The van der Waals surface area contributed by atoms with Crippen molar-refractivity contribution < 1.29 is 9.59 Å². The van der Waals surface area contributed by atoms with Crippen molar-refractivity contribution in [3.8, 4) is 0 Å². The first kappa shape index (κ1) is 24.0. The molecule has 1 spiro atoms. The maximum Gasteiger partial charge on any atom is 0.254 e. The maximum absolute atomic E-state index is 13.8. The molecule has 190 valence electrons. The van der Waals surface area contributed by atoms with Crippen LogP contribution in [0.2, 0.25) is 5.02 Å². The first-order chi connectivity index (χ1) is 18.0. The summed E-state index contributed by atoms with van der Waals surface area (Å²) in [6.45, 7) is 3.59. The van der Waals surface area contributed by atoms with Crippen LogP contribution in [0.5, 0.6) is 0 Å². The summed E-state index contributed by atoms with van der Waals surface area (Å²) in [5, 5.41) is 3.58. The molecule has 3 aliphatic rings. The van der Waals surface area contributed by atoms with Gasteiger partial charge >= 0.3 is 0 Å². The van der Waals surface area contributed by atoms with Crippen LogP contribution in [0.15, 0.2) is 67.0 Å². The quantitative estimate of drug-likeness (QED) is 0.514. The molecule has 1 atom stereocenters. The highest BCUT2D eigenvalue weighted by Gasteiger charge is 2.43. The molecule has 37 heavy (non-hydrogen) atoms. The predicted molar refractivity (Wildman–Crippen MR) is 145 cm³/mol. The number of hydrogen-bond donors (Lipinski definition) is 1. The highest BCUT2D eigenvalue weighted by molar-refractivity contribution is 6.33. The highest BCUT2D eigenvalue weighted by atomic mass is 35.5. The van der Waals surface area contributed by atoms with Gasteiger partial charge in [-0.3, -0.25) is 14.6 Å². The molecule has 2 fully saturated rings. The van der Waals surface area contributed by atoms with Crippen LogP contribution >= 0.6 is 11.6 Å². The molecule has 2 aliphatic heterocycles. The number of hydrogen-bond acceptors (Lipinski definition) is 4. The van der Waals surface area contributed by atoms with E-state index in [2.05, 4.69) is 33.4 Å². The van der Waals surface area contributed by atoms with Gasteiger partial charge in [0.2, 0.25) is 0 Å². The van der Waals surface area contributed by atoms with E-state index in [4.69, 9.17) is 11.6 Å². The summed E-state index contributed by atoms with van der Waals surface area (Å²) in [4.78, 5) is 35.5. The summed E-state index contributed by atoms with van der Waals surface area (Å²) in [5.41, 5.74) is 4.72. The minimum absolute atomic E-state index is 0.0872. The second-order valence-electron chi connectivity index (χ2n) is 10.6. The number of aromatic nitrogens is 1. The number of amides is 2. The number of halogens is 1. The van der Waals surface area contributed by atoms with E-state index in [-0.39, 0.29) is 23.3 Å². The molecule has 6 nitrogen and oxygen atoms in total. The van der Waals surface area contributed by atoms with Crippen LogP contribution in [0.1, 0.15) is 63.6 Å². The number of carbonyl (C=O) groups is 2. The van der Waals surface area contributed by atoms with Crippen molar-refractivity contribution in [1.29, 1.82) is 0 Å². The number of aryl methyl sites for hydroxylation is 1. The topological polar surface area (TPSA) is 65.5 Å². The van der Waals surface area contributed by atoms with Crippen LogP contribution in [0.25, 0.3) is 0 Å². The number of nitrogens with zero attached hydrogens (tertiary/aromatic N) is 3. The number of nitrogens with one attached hydrogen (secondary N) is 1. The second-order valence-corrected chi connectivity index (χ2v) is 11.0. The summed E-state index contributed by atoms with van der Waals surface area (Å²) < 4.78 is 0. The molecule has 2 saturated heterocycles. The number of piperidine rings is 1. The molecule has 3 heterocycles. The summed E-state index contributed by atoms with van der Waals surface area (Å²) in [5.74, 6) is -0.115. The van der Waals surface area contributed by atoms with Gasteiger partial charge in [0.1, 0.15) is 0 Å². The molecule has 0 saturated carbocycles. The summed E-state index contributed by atoms with van der Waals surface area (Å²) in [6, 6.07) is 17.0. The van der Waals surface area contributed by atoms with Gasteiger partial charge < -0.3 is 15.1 Å². The van der Waals surface area contributed by atoms with Crippen molar-refractivity contribution in [1.82, 2.24) is 15.2 Å². The second kappa shape index (κ2) is 9.82. The van der Waals surface area contributed by atoms with Gasteiger partial charge in [0.05, 0.1) is 16.6 Å². The predicted octanol–water partition coefficient (Wildman–Crippen LogP) is 5.29. The largest absolute Gasteiger partial charge is 0.371 e. The average molecular weight is 515 g/mol. The zero-order valence-corrected chi connectivity index (χ0v) is 21.6. The van der Waals surface area contributed by atoms with Gasteiger partial charge in [0.25, 0.3) is 11.8 Å². The molecule has 0 unspecified atom stereocenters. The molecule has 0 radical (unpaired) electrons. The minimum Gasteiger partial charge on any atom is -0.371 e. The molecular weight excluding hydrogens is 484 g/mol. The third-order valence-electron chi connectivity index (χ3n) is 8.48. The van der Waals surface area contributed by atoms with Crippen LogP contribution in [-0.2, 0) is 6.42 Å². The Hall–Kier alpha value is -3.38. The molecule has 1 aliphatic carbocycles. The lowest BCUT2D eigenvalue weighted by molar-refractivity contribution is 0.0761. The summed E-state index contributed by atoms with van der Waals surface area (Å²) >= 11 is 6.26. The van der Waals surface area contributed by atoms with E-state index in [0.29, 0.717) is 10.6 Å². The number of carbonyl (C=O) groups excluding carboxylic acids is 2. The van der Waals surface area contributed by atoms with Gasteiger partial charge in [-0.05, 0) is 79.0 Å². The van der Waals surface area contributed by atoms with Crippen molar-refractivity contribution >= 4 is 29.1 Å². The monoisotopic (exact) mass is 514 g/mol. The van der Waals surface area contributed by atoms with Crippen molar-refractivity contribution in [2.45, 2.75) is 38.1 Å². The van der Waals surface area contributed by atoms with E-state index in [9.17, 15) is 9.59 Å². The van der Waals surface area contributed by atoms with E-state index >= 15 is 0 Å². The Labute approximate surface area is 222 Å². The smallest absolute Gasteiger partial charge is 0.254 e. The highest BCUT2D eigenvalue weighted by Crippen LogP contribution is 2.42. The Morgan fingerprint density at radius 2 is 1.65 bits per heavy atom. The third-order valence-corrected chi connectivity index (χ3v) is 8.81. The van der Waals surface area contributed by atoms with Gasteiger partial charge in [-0.1, -0.05) is 35.9 Å². The SMILES string of the molecule is O=C(N[C@@H]1CCc2cccc(C(=O)N3CCC4(CCN(c5ccncc5)CC4)C3)c21)c1ccccc1Cl. The van der Waals surface area contributed by atoms with Gasteiger partial charge in [0.15, 0.2) is 0 Å². The van der Waals surface area contributed by atoms with Gasteiger partial charge in [-0.25, -0.2) is 0 Å². The van der Waals surface area contributed by atoms with Crippen LogP contribution in [0.3, 0.4) is 0 Å². The number of benzene rings is 2. The lowest BCUT2D eigenvalue weighted by Gasteiger charge is -2.40. The fourth-order valence-corrected chi connectivity index (χ4v) is 6.60. The number of anilines is 1. The molecule has 1 aromatic heterocycles. The molecule has 0 bridgehead atoms. The molecule has 2 amide bonds. The molecule has 7 heteroatoms. The Bertz CT molecular complexity index is 1320. The van der Waals surface area contributed by atoms with Crippen LogP contribution in [-0.4, -0.2) is 47.9 Å². The fourth-order valence-electron chi connectivity index (χ4n) is 6.38. The van der Waals surface area contributed by atoms with E-state index in [1.807, 2.05) is 41.6 Å². The van der Waals surface area contributed by atoms with Crippen LogP contribution in [0.4, 0.5) is 5.69 Å². The molecular formula is C30H31ClN4O2. The maximum atomic E-state index is 13.8. The van der Waals surface area contributed by atoms with Crippen LogP contribution in [0, 0.1) is 5.41 Å². The number of likely N-dealkylation sites (tertiary alicyclic amines) is 1. The average Bonchev–Trinajstić information content (AvgIpc) is 3.54. The fraction of sp³-hybridized carbons (Fsp3) is 0.367. The van der Waals surface area contributed by atoms with E-state index in [1.54, 1.807) is 12.1 Å². The molecule has 3 aromatic rings. The first-order valence-corrected chi connectivity index (χ1v) is 13.5. The summed E-state index contributed by atoms with van der Waals surface area (Å²) in [6.07, 6.45) is 8.54. The van der Waals surface area contributed by atoms with E-state index < -0.39 is 0 Å². The Morgan fingerprint density at radius 3 is 2.43 bits per heavy atom. The summed E-state index contributed by atoms with van der Waals surface area (Å²) in [7, 11) is 0. The molecule has 1 N–H and O–H groups in total. The van der Waals surface area contributed by atoms with Gasteiger partial charge in [-0.2, -0.15) is 0 Å². The van der Waals surface area contributed by atoms with E-state index in [0.717, 1.165) is 75.0 Å². The van der Waals surface area contributed by atoms with Gasteiger partial charge in [-0.15, -0.1) is 0 Å². The first-order valence-electron chi connectivity index (χ1n) is 13.1. The minimum atomic E-state index is -0.202. The van der Waals surface area contributed by atoms with E-state index in [1.165, 1.54) is 5.69 Å². The molecule has 2 aromatic carbocycles.